The highest BCUT2D eigenvalue weighted by atomic mass is 16.4. The molecule has 0 unspecified atom stereocenters. The zero-order valence-electron chi connectivity index (χ0n) is 12.3. The lowest BCUT2D eigenvalue weighted by Crippen LogP contribution is -2.13. The van der Waals surface area contributed by atoms with Gasteiger partial charge < -0.3 is 15.1 Å². The predicted octanol–water partition coefficient (Wildman–Crippen LogP) is 3.44. The summed E-state index contributed by atoms with van der Waals surface area (Å²) < 4.78 is 5.52. The van der Waals surface area contributed by atoms with E-state index in [1.165, 1.54) is 5.56 Å². The molecule has 2 N–H and O–H groups in total. The van der Waals surface area contributed by atoms with Gasteiger partial charge in [0, 0.05) is 5.69 Å². The first-order chi connectivity index (χ1) is 9.69. The largest absolute Gasteiger partial charge is 0.406 e. The monoisotopic (exact) mass is 274 g/mol. The van der Waals surface area contributed by atoms with Crippen LogP contribution in [0.3, 0.4) is 0 Å². The normalized spacial score (nSPS) is 11.0. The molecule has 0 aliphatic rings. The van der Waals surface area contributed by atoms with Crippen LogP contribution in [0.1, 0.15) is 44.6 Å². The molecule has 20 heavy (non-hydrogen) atoms. The molecular weight excluding hydrogens is 252 g/mol. The third-order valence-corrected chi connectivity index (χ3v) is 3.00. The van der Waals surface area contributed by atoms with Gasteiger partial charge in [-0.3, -0.25) is 0 Å². The van der Waals surface area contributed by atoms with Gasteiger partial charge in [0.15, 0.2) is 0 Å². The Morgan fingerprint density at radius 3 is 2.55 bits per heavy atom. The number of rotatable bonds is 7. The molecule has 5 heteroatoms. The maximum absolute atomic E-state index is 5.52. The standard InChI is InChI=1S/C15H22N4O/c1-4-9-16-10-14-18-19-15(20-14)17-13-7-5-12(6-8-13)11(2)3/h5-8,11,16H,4,9-10H2,1-3H3,(H,17,19). The van der Waals surface area contributed by atoms with E-state index in [1.807, 2.05) is 12.1 Å². The lowest BCUT2D eigenvalue weighted by Gasteiger charge is -2.06. The van der Waals surface area contributed by atoms with Crippen molar-refractivity contribution in [1.82, 2.24) is 15.5 Å². The Hall–Kier alpha value is -1.88. The minimum absolute atomic E-state index is 0.426. The fourth-order valence-electron chi connectivity index (χ4n) is 1.82. The van der Waals surface area contributed by atoms with Gasteiger partial charge in [-0.05, 0) is 36.6 Å². The van der Waals surface area contributed by atoms with E-state index in [0.29, 0.717) is 24.4 Å². The second kappa shape index (κ2) is 7.05. The average molecular weight is 274 g/mol. The first kappa shape index (κ1) is 14.5. The number of hydrogen-bond acceptors (Lipinski definition) is 5. The van der Waals surface area contributed by atoms with E-state index in [4.69, 9.17) is 4.42 Å². The van der Waals surface area contributed by atoms with Crippen molar-refractivity contribution < 1.29 is 4.42 Å². The summed E-state index contributed by atoms with van der Waals surface area (Å²) in [5.41, 5.74) is 2.26. The molecular formula is C15H22N4O. The molecule has 1 heterocycles. The minimum Gasteiger partial charge on any atom is -0.406 e. The number of benzene rings is 1. The molecule has 5 nitrogen and oxygen atoms in total. The predicted molar refractivity (Wildman–Crippen MR) is 80.1 cm³/mol. The molecule has 0 saturated heterocycles. The van der Waals surface area contributed by atoms with Crippen molar-refractivity contribution in [2.45, 2.75) is 39.7 Å². The molecule has 108 valence electrons. The fourth-order valence-corrected chi connectivity index (χ4v) is 1.82. The van der Waals surface area contributed by atoms with Gasteiger partial charge in [0.05, 0.1) is 6.54 Å². The Morgan fingerprint density at radius 2 is 1.90 bits per heavy atom. The van der Waals surface area contributed by atoms with E-state index in [1.54, 1.807) is 0 Å². The van der Waals surface area contributed by atoms with Gasteiger partial charge in [-0.2, -0.15) is 0 Å². The topological polar surface area (TPSA) is 63.0 Å². The van der Waals surface area contributed by atoms with Crippen LogP contribution < -0.4 is 10.6 Å². The van der Waals surface area contributed by atoms with Crippen LogP contribution in [0.4, 0.5) is 11.7 Å². The van der Waals surface area contributed by atoms with Crippen molar-refractivity contribution >= 4 is 11.7 Å². The summed E-state index contributed by atoms with van der Waals surface area (Å²) >= 11 is 0. The van der Waals surface area contributed by atoms with E-state index < -0.39 is 0 Å². The van der Waals surface area contributed by atoms with E-state index in [2.05, 4.69) is 53.7 Å². The molecule has 0 fully saturated rings. The van der Waals surface area contributed by atoms with Crippen LogP contribution in [0, 0.1) is 0 Å². The summed E-state index contributed by atoms with van der Waals surface area (Å²) in [6.07, 6.45) is 1.08. The Kier molecular flexibility index (Phi) is 5.12. The van der Waals surface area contributed by atoms with Crippen molar-refractivity contribution in [3.05, 3.63) is 35.7 Å². The molecule has 0 aliphatic carbocycles. The van der Waals surface area contributed by atoms with Crippen LogP contribution in [0.25, 0.3) is 0 Å². The lowest BCUT2D eigenvalue weighted by molar-refractivity contribution is 0.479. The third-order valence-electron chi connectivity index (χ3n) is 3.00. The van der Waals surface area contributed by atoms with Crippen LogP contribution in [0.2, 0.25) is 0 Å². The van der Waals surface area contributed by atoms with Crippen LogP contribution in [0.15, 0.2) is 28.7 Å². The molecule has 1 aromatic heterocycles. The van der Waals surface area contributed by atoms with Gasteiger partial charge in [-0.1, -0.05) is 38.0 Å². The highest BCUT2D eigenvalue weighted by molar-refractivity contribution is 5.52. The van der Waals surface area contributed by atoms with Crippen LogP contribution >= 0.6 is 0 Å². The van der Waals surface area contributed by atoms with E-state index in [-0.39, 0.29) is 0 Å². The highest BCUT2D eigenvalue weighted by Crippen LogP contribution is 2.19. The lowest BCUT2D eigenvalue weighted by atomic mass is 10.0. The van der Waals surface area contributed by atoms with Gasteiger partial charge in [0.25, 0.3) is 0 Å². The number of hydrogen-bond donors (Lipinski definition) is 2. The van der Waals surface area contributed by atoms with Gasteiger partial charge >= 0.3 is 6.01 Å². The Morgan fingerprint density at radius 1 is 1.15 bits per heavy atom. The van der Waals surface area contributed by atoms with E-state index in [9.17, 15) is 0 Å². The quantitative estimate of drug-likeness (QED) is 0.757. The summed E-state index contributed by atoms with van der Waals surface area (Å²) in [5.74, 6) is 1.13. The molecule has 1 aromatic carbocycles. The fraction of sp³-hybridized carbons (Fsp3) is 0.467. The van der Waals surface area contributed by atoms with Crippen molar-refractivity contribution in [3.8, 4) is 0 Å². The minimum atomic E-state index is 0.426. The zero-order chi connectivity index (χ0) is 14.4. The van der Waals surface area contributed by atoms with E-state index >= 15 is 0 Å². The smallest absolute Gasteiger partial charge is 0.320 e. The van der Waals surface area contributed by atoms with Crippen molar-refractivity contribution in [3.63, 3.8) is 0 Å². The molecule has 0 atom stereocenters. The first-order valence-corrected chi connectivity index (χ1v) is 7.09. The van der Waals surface area contributed by atoms with Crippen LogP contribution in [0.5, 0.6) is 0 Å². The maximum atomic E-state index is 5.52. The van der Waals surface area contributed by atoms with Gasteiger partial charge in [0.2, 0.25) is 5.89 Å². The number of anilines is 2. The Balaban J connectivity index is 1.92. The number of nitrogens with one attached hydrogen (secondary N) is 2. The van der Waals surface area contributed by atoms with Crippen LogP contribution in [-0.4, -0.2) is 16.7 Å². The zero-order valence-corrected chi connectivity index (χ0v) is 12.3. The second-order valence-electron chi connectivity index (χ2n) is 5.08. The van der Waals surface area contributed by atoms with Gasteiger partial charge in [-0.25, -0.2) is 0 Å². The molecule has 2 aromatic rings. The summed E-state index contributed by atoms with van der Waals surface area (Å²) in [5, 5.41) is 14.3. The summed E-state index contributed by atoms with van der Waals surface area (Å²) in [4.78, 5) is 0. The van der Waals surface area contributed by atoms with Crippen molar-refractivity contribution in [1.29, 1.82) is 0 Å². The molecule has 0 saturated carbocycles. The SMILES string of the molecule is CCCNCc1nnc(Nc2ccc(C(C)C)cc2)o1. The maximum Gasteiger partial charge on any atom is 0.320 e. The average Bonchev–Trinajstić information content (AvgIpc) is 2.87. The van der Waals surface area contributed by atoms with E-state index in [0.717, 1.165) is 18.7 Å². The van der Waals surface area contributed by atoms with Crippen LogP contribution in [-0.2, 0) is 6.54 Å². The summed E-state index contributed by atoms with van der Waals surface area (Å²) in [6.45, 7) is 8.03. The third kappa shape index (κ3) is 4.06. The summed E-state index contributed by atoms with van der Waals surface area (Å²) in [6, 6.07) is 8.68. The molecule has 2 rings (SSSR count). The molecule has 0 spiro atoms. The Labute approximate surface area is 119 Å². The molecule has 0 radical (unpaired) electrons. The molecule has 0 aliphatic heterocycles. The van der Waals surface area contributed by atoms with Crippen molar-refractivity contribution in [2.75, 3.05) is 11.9 Å². The molecule has 0 amide bonds. The molecule has 0 bridgehead atoms. The number of aromatic nitrogens is 2. The number of nitrogens with zero attached hydrogens (tertiary/aromatic N) is 2. The van der Waals surface area contributed by atoms with Crippen molar-refractivity contribution in [2.24, 2.45) is 0 Å². The second-order valence-corrected chi connectivity index (χ2v) is 5.08. The Bertz CT molecular complexity index is 519. The van der Waals surface area contributed by atoms with Gasteiger partial charge in [0.1, 0.15) is 0 Å². The first-order valence-electron chi connectivity index (χ1n) is 7.09. The highest BCUT2D eigenvalue weighted by Gasteiger charge is 2.06. The van der Waals surface area contributed by atoms with Gasteiger partial charge in [-0.15, -0.1) is 5.10 Å². The summed E-state index contributed by atoms with van der Waals surface area (Å²) in [7, 11) is 0.